The van der Waals surface area contributed by atoms with Crippen molar-refractivity contribution >= 4 is 17.1 Å². The fourth-order valence-electron chi connectivity index (χ4n) is 3.22. The number of benzene rings is 2. The molecule has 0 aliphatic heterocycles. The van der Waals surface area contributed by atoms with Crippen LogP contribution in [0.5, 0.6) is 0 Å². The Morgan fingerprint density at radius 2 is 1.64 bits per heavy atom. The van der Waals surface area contributed by atoms with Crippen molar-refractivity contribution in [3.8, 4) is 11.4 Å². The van der Waals surface area contributed by atoms with Crippen LogP contribution < -0.4 is 21.1 Å². The van der Waals surface area contributed by atoms with E-state index < -0.39 is 34.6 Å². The fraction of sp³-hybridized carbons (Fsp3) is 0.143. The largest absolute Gasteiger partial charge is 0.471 e. The lowest BCUT2D eigenvalue weighted by atomic mass is 10.1. The van der Waals surface area contributed by atoms with Crippen LogP contribution in [0.3, 0.4) is 0 Å². The van der Waals surface area contributed by atoms with Gasteiger partial charge in [-0.2, -0.15) is 18.2 Å². The van der Waals surface area contributed by atoms with E-state index in [2.05, 4.69) is 20.0 Å². The van der Waals surface area contributed by atoms with E-state index >= 15 is 0 Å². The van der Waals surface area contributed by atoms with Crippen LogP contribution in [0.2, 0.25) is 0 Å². The second-order valence-electron chi connectivity index (χ2n) is 7.14. The number of nitrogens with zero attached hydrogens (tertiary/aromatic N) is 3. The highest BCUT2D eigenvalue weighted by Crippen LogP contribution is 2.30. The molecule has 0 radical (unpaired) electrons. The van der Waals surface area contributed by atoms with Crippen LogP contribution in [0, 0.1) is 11.6 Å². The molecule has 170 valence electrons. The first-order valence-corrected chi connectivity index (χ1v) is 9.30. The summed E-state index contributed by atoms with van der Waals surface area (Å²) in [7, 11) is 1.49. The standard InChI is InChI=1S/C21H13F5N4O3/c1-30(9-10-6-12(22)8-13(23)7-10)16-15(17(31)18(16)32)27-14-4-2-11(3-5-14)19-28-20(33-29-19)21(24,25)26/h2-8,27H,9H2,1H3. The molecule has 1 N–H and O–H groups in total. The van der Waals surface area contributed by atoms with E-state index in [1.54, 1.807) is 0 Å². The van der Waals surface area contributed by atoms with Crippen molar-refractivity contribution in [3.05, 3.63) is 86.0 Å². The number of halogens is 5. The van der Waals surface area contributed by atoms with Crippen LogP contribution in [0.15, 0.2) is 56.6 Å². The third-order valence-corrected chi connectivity index (χ3v) is 4.69. The van der Waals surface area contributed by atoms with E-state index in [-0.39, 0.29) is 34.9 Å². The lowest BCUT2D eigenvalue weighted by Gasteiger charge is -2.23. The number of alkyl halides is 3. The summed E-state index contributed by atoms with van der Waals surface area (Å²) in [6, 6.07) is 8.63. The molecule has 0 bridgehead atoms. The summed E-state index contributed by atoms with van der Waals surface area (Å²) in [5.41, 5.74) is -0.684. The lowest BCUT2D eigenvalue weighted by molar-refractivity contribution is -0.159. The van der Waals surface area contributed by atoms with E-state index in [0.29, 0.717) is 5.69 Å². The van der Waals surface area contributed by atoms with Crippen LogP contribution >= 0.6 is 0 Å². The first kappa shape index (κ1) is 22.1. The van der Waals surface area contributed by atoms with Crippen LogP contribution in [0.1, 0.15) is 11.5 Å². The van der Waals surface area contributed by atoms with Crippen molar-refractivity contribution in [2.24, 2.45) is 0 Å². The molecule has 0 aliphatic rings. The average Bonchev–Trinajstić information content (AvgIpc) is 3.23. The van der Waals surface area contributed by atoms with Gasteiger partial charge in [0.15, 0.2) is 0 Å². The summed E-state index contributed by atoms with van der Waals surface area (Å²) in [5.74, 6) is -3.29. The minimum Gasteiger partial charge on any atom is -0.365 e. The van der Waals surface area contributed by atoms with Crippen molar-refractivity contribution in [1.82, 2.24) is 10.1 Å². The van der Waals surface area contributed by atoms with Gasteiger partial charge in [0.05, 0.1) is 0 Å². The lowest BCUT2D eigenvalue weighted by Crippen LogP contribution is -2.40. The van der Waals surface area contributed by atoms with Gasteiger partial charge in [-0.3, -0.25) is 9.59 Å². The van der Waals surface area contributed by atoms with E-state index in [4.69, 9.17) is 0 Å². The molecule has 4 aromatic rings. The third kappa shape index (κ3) is 4.45. The summed E-state index contributed by atoms with van der Waals surface area (Å²) >= 11 is 0. The zero-order valence-electron chi connectivity index (χ0n) is 16.7. The first-order valence-electron chi connectivity index (χ1n) is 9.30. The smallest absolute Gasteiger partial charge is 0.365 e. The maximum Gasteiger partial charge on any atom is 0.471 e. The zero-order valence-corrected chi connectivity index (χ0v) is 16.7. The van der Waals surface area contributed by atoms with Gasteiger partial charge in [0.2, 0.25) is 5.82 Å². The van der Waals surface area contributed by atoms with Crippen LogP contribution in [-0.4, -0.2) is 17.2 Å². The summed E-state index contributed by atoms with van der Waals surface area (Å²) in [4.78, 5) is 28.8. The predicted octanol–water partition coefficient (Wildman–Crippen LogP) is 4.01. The third-order valence-electron chi connectivity index (χ3n) is 4.69. The van der Waals surface area contributed by atoms with Crippen molar-refractivity contribution in [2.45, 2.75) is 12.7 Å². The summed E-state index contributed by atoms with van der Waals surface area (Å²) in [6.45, 7) is -0.0352. The van der Waals surface area contributed by atoms with Gasteiger partial charge in [-0.1, -0.05) is 5.16 Å². The number of hydrogen-bond donors (Lipinski definition) is 1. The molecular formula is C21H13F5N4O3. The molecule has 1 heterocycles. The molecule has 0 amide bonds. The molecule has 0 saturated carbocycles. The van der Waals surface area contributed by atoms with Gasteiger partial charge in [0.1, 0.15) is 23.0 Å². The van der Waals surface area contributed by atoms with Gasteiger partial charge in [-0.25, -0.2) is 8.78 Å². The molecule has 12 heteroatoms. The zero-order chi connectivity index (χ0) is 23.9. The SMILES string of the molecule is CN(Cc1cc(F)cc(F)c1)c1c(Nc2ccc(-c3noc(C(F)(F)F)n3)cc2)c(=O)c1=O. The number of hydrogen-bond acceptors (Lipinski definition) is 7. The normalized spacial score (nSPS) is 11.7. The van der Waals surface area contributed by atoms with E-state index in [9.17, 15) is 31.5 Å². The Hall–Kier alpha value is -4.09. The molecule has 0 aliphatic carbocycles. The highest BCUT2D eigenvalue weighted by Gasteiger charge is 2.38. The molecule has 1 aromatic heterocycles. The molecule has 0 unspecified atom stereocenters. The summed E-state index contributed by atoms with van der Waals surface area (Å²) < 4.78 is 68.8. The minimum atomic E-state index is -4.77. The Labute approximate surface area is 181 Å². The second kappa shape index (κ2) is 8.11. The van der Waals surface area contributed by atoms with Crippen LogP contribution in [0.25, 0.3) is 11.4 Å². The predicted molar refractivity (Wildman–Crippen MR) is 108 cm³/mol. The first-order chi connectivity index (χ1) is 15.5. The maximum atomic E-state index is 13.4. The van der Waals surface area contributed by atoms with Gasteiger partial charge >= 0.3 is 12.1 Å². The van der Waals surface area contributed by atoms with Gasteiger partial charge in [0.25, 0.3) is 10.9 Å². The highest BCUT2D eigenvalue weighted by atomic mass is 19.4. The van der Waals surface area contributed by atoms with E-state index in [1.165, 1.54) is 36.2 Å². The molecule has 3 aromatic carbocycles. The quantitative estimate of drug-likeness (QED) is 0.341. The van der Waals surface area contributed by atoms with Gasteiger partial charge < -0.3 is 14.7 Å². The van der Waals surface area contributed by atoms with Gasteiger partial charge in [0, 0.05) is 30.9 Å². The van der Waals surface area contributed by atoms with Crippen molar-refractivity contribution in [2.75, 3.05) is 17.3 Å². The average molecular weight is 464 g/mol. The van der Waals surface area contributed by atoms with E-state index in [0.717, 1.165) is 18.2 Å². The molecule has 33 heavy (non-hydrogen) atoms. The molecule has 0 saturated heterocycles. The van der Waals surface area contributed by atoms with Crippen molar-refractivity contribution in [1.29, 1.82) is 0 Å². The minimum absolute atomic E-state index is 0.0222. The Bertz CT molecular complexity index is 1370. The Morgan fingerprint density at radius 3 is 2.21 bits per heavy atom. The highest BCUT2D eigenvalue weighted by molar-refractivity contribution is 5.80. The summed E-state index contributed by atoms with van der Waals surface area (Å²) in [5, 5.41) is 6.07. The van der Waals surface area contributed by atoms with Crippen molar-refractivity contribution in [3.63, 3.8) is 0 Å². The second-order valence-corrected chi connectivity index (χ2v) is 7.14. The summed E-state index contributed by atoms with van der Waals surface area (Å²) in [6.07, 6.45) is -4.77. The molecule has 7 nitrogen and oxygen atoms in total. The van der Waals surface area contributed by atoms with E-state index in [1.807, 2.05) is 0 Å². The van der Waals surface area contributed by atoms with Gasteiger partial charge in [-0.15, -0.1) is 0 Å². The molecule has 0 atom stereocenters. The topological polar surface area (TPSA) is 88.3 Å². The van der Waals surface area contributed by atoms with Gasteiger partial charge in [-0.05, 0) is 42.0 Å². The Balaban J connectivity index is 1.52. The van der Waals surface area contributed by atoms with Crippen molar-refractivity contribution < 1.29 is 26.5 Å². The monoisotopic (exact) mass is 464 g/mol. The number of anilines is 3. The Kier molecular flexibility index (Phi) is 5.44. The Morgan fingerprint density at radius 1 is 1.00 bits per heavy atom. The number of aromatic nitrogens is 2. The molecule has 4 rings (SSSR count). The number of nitrogens with one attached hydrogen (secondary N) is 1. The molecule has 0 fully saturated rings. The maximum absolute atomic E-state index is 13.4. The number of rotatable bonds is 6. The molecule has 0 spiro atoms. The van der Waals surface area contributed by atoms with Crippen LogP contribution in [0.4, 0.5) is 39.0 Å². The molecular weight excluding hydrogens is 451 g/mol. The van der Waals surface area contributed by atoms with Crippen LogP contribution in [-0.2, 0) is 12.7 Å². The fourth-order valence-corrected chi connectivity index (χ4v) is 3.22.